The Morgan fingerprint density at radius 2 is 1.96 bits per heavy atom. The third-order valence-electron chi connectivity index (χ3n) is 4.34. The highest BCUT2D eigenvalue weighted by molar-refractivity contribution is 7.17. The Kier molecular flexibility index (Phi) is 5.38. The van der Waals surface area contributed by atoms with Gasteiger partial charge in [0.05, 0.1) is 5.56 Å². The molecule has 0 fully saturated rings. The lowest BCUT2D eigenvalue weighted by Gasteiger charge is -2.17. The fourth-order valence-corrected chi connectivity index (χ4v) is 4.39. The summed E-state index contributed by atoms with van der Waals surface area (Å²) >= 11 is 1.46. The van der Waals surface area contributed by atoms with Crippen LogP contribution in [0.25, 0.3) is 0 Å². The molecule has 3 rings (SSSR count). The SMILES string of the molecule is CC[C@H](Oc1ccccc1)C(=O)Nc1sc2c(c1C(N)=O)CCCC2. The van der Waals surface area contributed by atoms with Gasteiger partial charge in [0.1, 0.15) is 10.8 Å². The number of para-hydroxylation sites is 1. The van der Waals surface area contributed by atoms with Gasteiger partial charge in [0.25, 0.3) is 11.8 Å². The zero-order valence-electron chi connectivity index (χ0n) is 14.2. The lowest BCUT2D eigenvalue weighted by atomic mass is 9.95. The van der Waals surface area contributed by atoms with Crippen LogP contribution in [0.2, 0.25) is 0 Å². The van der Waals surface area contributed by atoms with Gasteiger partial charge in [-0.3, -0.25) is 9.59 Å². The average Bonchev–Trinajstić information content (AvgIpc) is 2.98. The highest BCUT2D eigenvalue weighted by Gasteiger charge is 2.27. The molecule has 25 heavy (non-hydrogen) atoms. The molecule has 5 nitrogen and oxygen atoms in total. The molecule has 1 atom stereocenters. The third-order valence-corrected chi connectivity index (χ3v) is 5.55. The largest absolute Gasteiger partial charge is 0.481 e. The number of fused-ring (bicyclic) bond motifs is 1. The first-order chi connectivity index (χ1) is 12.1. The molecule has 0 saturated heterocycles. The second-order valence-corrected chi connectivity index (χ2v) is 7.20. The van der Waals surface area contributed by atoms with Crippen LogP contribution >= 0.6 is 11.3 Å². The van der Waals surface area contributed by atoms with Crippen molar-refractivity contribution in [1.82, 2.24) is 0 Å². The lowest BCUT2D eigenvalue weighted by Crippen LogP contribution is -2.32. The highest BCUT2D eigenvalue weighted by Crippen LogP contribution is 2.38. The predicted octanol–water partition coefficient (Wildman–Crippen LogP) is 3.52. The Balaban J connectivity index is 1.80. The van der Waals surface area contributed by atoms with Crippen molar-refractivity contribution in [3.8, 4) is 5.75 Å². The van der Waals surface area contributed by atoms with Gasteiger partial charge in [-0.1, -0.05) is 25.1 Å². The number of ether oxygens (including phenoxy) is 1. The number of carbonyl (C=O) groups is 2. The van der Waals surface area contributed by atoms with E-state index in [1.807, 2.05) is 37.3 Å². The van der Waals surface area contributed by atoms with Crippen molar-refractivity contribution in [3.63, 3.8) is 0 Å². The van der Waals surface area contributed by atoms with Gasteiger partial charge in [0.2, 0.25) is 0 Å². The molecule has 1 aliphatic rings. The van der Waals surface area contributed by atoms with Crippen molar-refractivity contribution in [2.24, 2.45) is 5.73 Å². The Morgan fingerprint density at radius 1 is 1.24 bits per heavy atom. The van der Waals surface area contributed by atoms with Crippen molar-refractivity contribution in [2.45, 2.75) is 45.1 Å². The molecule has 0 unspecified atom stereocenters. The van der Waals surface area contributed by atoms with Gasteiger partial charge in [0.15, 0.2) is 6.10 Å². The van der Waals surface area contributed by atoms with E-state index >= 15 is 0 Å². The fraction of sp³-hybridized carbons (Fsp3) is 0.368. The second kappa shape index (κ2) is 7.70. The maximum absolute atomic E-state index is 12.7. The molecule has 0 spiro atoms. The number of thiophene rings is 1. The number of hydrogen-bond acceptors (Lipinski definition) is 4. The number of carbonyl (C=O) groups excluding carboxylic acids is 2. The van der Waals surface area contributed by atoms with Crippen molar-refractivity contribution >= 4 is 28.2 Å². The molecule has 1 aliphatic carbocycles. The smallest absolute Gasteiger partial charge is 0.266 e. The number of nitrogens with one attached hydrogen (secondary N) is 1. The van der Waals surface area contributed by atoms with E-state index in [1.54, 1.807) is 0 Å². The molecule has 1 aromatic heterocycles. The summed E-state index contributed by atoms with van der Waals surface area (Å²) in [6, 6.07) is 9.24. The van der Waals surface area contributed by atoms with Crippen LogP contribution in [0, 0.1) is 0 Å². The van der Waals surface area contributed by atoms with E-state index in [1.165, 1.54) is 11.3 Å². The standard InChI is InChI=1S/C19H22N2O3S/c1-2-14(24-12-8-4-3-5-9-12)18(23)21-19-16(17(20)22)13-10-6-7-11-15(13)25-19/h3-5,8-9,14H,2,6-7,10-11H2,1H3,(H2,20,22)(H,21,23)/t14-/m0/s1. The van der Waals surface area contributed by atoms with E-state index in [-0.39, 0.29) is 5.91 Å². The lowest BCUT2D eigenvalue weighted by molar-refractivity contribution is -0.122. The molecule has 0 radical (unpaired) electrons. The maximum atomic E-state index is 12.7. The van der Waals surface area contributed by atoms with Crippen molar-refractivity contribution in [1.29, 1.82) is 0 Å². The minimum absolute atomic E-state index is 0.257. The molecule has 2 amide bonds. The van der Waals surface area contributed by atoms with Crippen LogP contribution in [0.15, 0.2) is 30.3 Å². The van der Waals surface area contributed by atoms with Crippen LogP contribution in [0.5, 0.6) is 5.75 Å². The molecule has 6 heteroatoms. The van der Waals surface area contributed by atoms with Crippen molar-refractivity contribution in [2.75, 3.05) is 5.32 Å². The Morgan fingerprint density at radius 3 is 2.64 bits per heavy atom. The number of primary amides is 1. The first-order valence-corrected chi connectivity index (χ1v) is 9.38. The molecular formula is C19H22N2O3S. The van der Waals surface area contributed by atoms with E-state index in [9.17, 15) is 9.59 Å². The van der Waals surface area contributed by atoms with Gasteiger partial charge in [-0.15, -0.1) is 11.3 Å². The van der Waals surface area contributed by atoms with Crippen molar-refractivity contribution < 1.29 is 14.3 Å². The average molecular weight is 358 g/mol. The number of aryl methyl sites for hydroxylation is 1. The van der Waals surface area contributed by atoms with Gasteiger partial charge in [-0.25, -0.2) is 0 Å². The first-order valence-electron chi connectivity index (χ1n) is 8.57. The fourth-order valence-electron chi connectivity index (χ4n) is 3.09. The summed E-state index contributed by atoms with van der Waals surface area (Å²) in [5.74, 6) is -0.0933. The van der Waals surface area contributed by atoms with E-state index in [0.717, 1.165) is 36.1 Å². The first kappa shape index (κ1) is 17.5. The number of hydrogen-bond donors (Lipinski definition) is 2. The minimum atomic E-state index is -0.623. The number of amides is 2. The summed E-state index contributed by atoms with van der Waals surface area (Å²) in [7, 11) is 0. The van der Waals surface area contributed by atoms with Gasteiger partial charge in [0, 0.05) is 4.88 Å². The van der Waals surface area contributed by atoms with E-state index in [4.69, 9.17) is 10.5 Å². The van der Waals surface area contributed by atoms with Crippen LogP contribution in [0.1, 0.15) is 47.0 Å². The molecule has 2 aromatic rings. The zero-order chi connectivity index (χ0) is 17.8. The van der Waals surface area contributed by atoms with Gasteiger partial charge in [-0.2, -0.15) is 0 Å². The predicted molar refractivity (Wildman–Crippen MR) is 99.3 cm³/mol. The third kappa shape index (κ3) is 3.85. The molecule has 3 N–H and O–H groups in total. The highest BCUT2D eigenvalue weighted by atomic mass is 32.1. The molecule has 0 aliphatic heterocycles. The van der Waals surface area contributed by atoms with E-state index < -0.39 is 12.0 Å². The summed E-state index contributed by atoms with van der Waals surface area (Å²) < 4.78 is 5.78. The van der Waals surface area contributed by atoms with Crippen LogP contribution in [-0.4, -0.2) is 17.9 Å². The van der Waals surface area contributed by atoms with Gasteiger partial charge < -0.3 is 15.8 Å². The maximum Gasteiger partial charge on any atom is 0.266 e. The molecule has 0 saturated carbocycles. The Labute approximate surface area is 151 Å². The van der Waals surface area contributed by atoms with Crippen LogP contribution in [0.3, 0.4) is 0 Å². The zero-order valence-corrected chi connectivity index (χ0v) is 15.0. The molecule has 1 aromatic carbocycles. The van der Waals surface area contributed by atoms with Gasteiger partial charge in [-0.05, 0) is 49.8 Å². The molecule has 1 heterocycles. The summed E-state index contributed by atoms with van der Waals surface area (Å²) in [5.41, 5.74) is 7.06. The Hall–Kier alpha value is -2.34. The van der Waals surface area contributed by atoms with Crippen LogP contribution < -0.4 is 15.8 Å². The minimum Gasteiger partial charge on any atom is -0.481 e. The van der Waals surface area contributed by atoms with Crippen molar-refractivity contribution in [3.05, 3.63) is 46.3 Å². The monoisotopic (exact) mass is 358 g/mol. The normalized spacial score (nSPS) is 14.4. The number of rotatable bonds is 6. The Bertz CT molecular complexity index is 770. The molecule has 0 bridgehead atoms. The van der Waals surface area contributed by atoms with E-state index in [2.05, 4.69) is 5.32 Å². The quantitative estimate of drug-likeness (QED) is 0.829. The topological polar surface area (TPSA) is 81.4 Å². The number of anilines is 1. The summed E-state index contributed by atoms with van der Waals surface area (Å²) in [5, 5.41) is 3.43. The molecular weight excluding hydrogens is 336 g/mol. The molecule has 132 valence electrons. The summed E-state index contributed by atoms with van der Waals surface area (Å²) in [6.45, 7) is 1.89. The second-order valence-electron chi connectivity index (χ2n) is 6.10. The number of benzene rings is 1. The summed E-state index contributed by atoms with van der Waals surface area (Å²) in [4.78, 5) is 25.7. The summed E-state index contributed by atoms with van der Waals surface area (Å²) in [6.07, 6.45) is 3.84. The van der Waals surface area contributed by atoms with Gasteiger partial charge >= 0.3 is 0 Å². The van der Waals surface area contributed by atoms with E-state index in [0.29, 0.717) is 22.7 Å². The van der Waals surface area contributed by atoms with Crippen LogP contribution in [-0.2, 0) is 17.6 Å². The van der Waals surface area contributed by atoms with Crippen LogP contribution in [0.4, 0.5) is 5.00 Å². The number of nitrogens with two attached hydrogens (primary N) is 1.